The second kappa shape index (κ2) is 4.40. The molecule has 0 saturated heterocycles. The number of nitrogens with two attached hydrogens (primary N) is 1. The monoisotopic (exact) mass is 112 g/mol. The first-order valence-corrected chi connectivity index (χ1v) is 2.57. The summed E-state index contributed by atoms with van der Waals surface area (Å²) in [5.41, 5.74) is 3.47. The molecule has 2 nitrogen and oxygen atoms in total. The van der Waals surface area contributed by atoms with Crippen LogP contribution in [0.2, 0.25) is 0 Å². The zero-order chi connectivity index (χ0) is 6.41. The fraction of sp³-hybridized carbons (Fsp3) is 0.333. The van der Waals surface area contributed by atoms with Crippen LogP contribution in [0.3, 0.4) is 0 Å². The van der Waals surface area contributed by atoms with Gasteiger partial charge >= 0.3 is 0 Å². The van der Waals surface area contributed by atoms with E-state index in [9.17, 15) is 0 Å². The summed E-state index contributed by atoms with van der Waals surface area (Å²) in [7, 11) is 0. The van der Waals surface area contributed by atoms with Crippen molar-refractivity contribution in [1.29, 1.82) is 0 Å². The van der Waals surface area contributed by atoms with Crippen LogP contribution in [0.4, 0.5) is 0 Å². The van der Waals surface area contributed by atoms with Gasteiger partial charge in [-0.2, -0.15) is 0 Å². The number of hydrogen-bond acceptors (Lipinski definition) is 2. The second-order valence-corrected chi connectivity index (χ2v) is 1.52. The van der Waals surface area contributed by atoms with E-state index in [2.05, 4.69) is 5.43 Å². The Morgan fingerprint density at radius 1 is 1.62 bits per heavy atom. The molecule has 8 heavy (non-hydrogen) atoms. The molecule has 46 valence electrons. The Morgan fingerprint density at radius 2 is 2.25 bits per heavy atom. The summed E-state index contributed by atoms with van der Waals surface area (Å²) in [5, 5.41) is 0. The largest absolute Gasteiger partial charge is 0.329 e. The van der Waals surface area contributed by atoms with Crippen molar-refractivity contribution >= 4 is 0 Å². The van der Waals surface area contributed by atoms with Gasteiger partial charge in [0.15, 0.2) is 0 Å². The first-order chi connectivity index (χ1) is 3.81. The van der Waals surface area contributed by atoms with Crippen molar-refractivity contribution in [2.75, 3.05) is 0 Å². The average Bonchev–Trinajstić information content (AvgIpc) is 1.83. The third kappa shape index (κ3) is 3.43. The molecule has 0 unspecified atom stereocenters. The minimum absolute atomic E-state index is 0.961. The molecular weight excluding hydrogens is 100 g/mol. The normalized spacial score (nSPS) is 12.6. The van der Waals surface area contributed by atoms with Crippen molar-refractivity contribution in [3.63, 3.8) is 0 Å². The number of rotatable bonds is 2. The van der Waals surface area contributed by atoms with Crippen LogP contribution in [-0.4, -0.2) is 0 Å². The van der Waals surface area contributed by atoms with E-state index in [1.165, 1.54) is 0 Å². The molecule has 0 fully saturated rings. The summed E-state index contributed by atoms with van der Waals surface area (Å²) in [6, 6.07) is 0. The van der Waals surface area contributed by atoms with Gasteiger partial charge in [-0.3, -0.25) is 5.84 Å². The third-order valence-corrected chi connectivity index (χ3v) is 0.766. The van der Waals surface area contributed by atoms with E-state index in [0.717, 1.165) is 5.70 Å². The molecule has 0 aromatic rings. The number of nitrogens with one attached hydrogen (secondary N) is 1. The molecule has 0 spiro atoms. The molecule has 0 aliphatic carbocycles. The Bertz CT molecular complexity index is 103. The fourth-order valence-electron chi connectivity index (χ4n) is 0.289. The van der Waals surface area contributed by atoms with E-state index in [0.29, 0.717) is 0 Å². The molecule has 0 heterocycles. The zero-order valence-electron chi connectivity index (χ0n) is 5.31. The minimum atomic E-state index is 0.961. The van der Waals surface area contributed by atoms with Gasteiger partial charge in [-0.25, -0.2) is 0 Å². The number of hydrazine groups is 1. The van der Waals surface area contributed by atoms with Gasteiger partial charge < -0.3 is 5.43 Å². The standard InChI is InChI=1S/C6H12N2/c1-3-4-5-6(2)8-7/h3-5,8H,7H2,1-2H3/b4-3-,6-5-. The Kier molecular flexibility index (Phi) is 3.98. The van der Waals surface area contributed by atoms with Gasteiger partial charge in [-0.15, -0.1) is 0 Å². The van der Waals surface area contributed by atoms with E-state index in [1.54, 1.807) is 0 Å². The summed E-state index contributed by atoms with van der Waals surface area (Å²) in [5.74, 6) is 5.06. The van der Waals surface area contributed by atoms with Crippen LogP contribution >= 0.6 is 0 Å². The summed E-state index contributed by atoms with van der Waals surface area (Å²) in [6.45, 7) is 3.86. The van der Waals surface area contributed by atoms with Gasteiger partial charge in [0, 0.05) is 5.70 Å². The van der Waals surface area contributed by atoms with Crippen molar-refractivity contribution in [2.24, 2.45) is 5.84 Å². The topological polar surface area (TPSA) is 38.0 Å². The fourth-order valence-corrected chi connectivity index (χ4v) is 0.289. The molecule has 0 bridgehead atoms. The van der Waals surface area contributed by atoms with Crippen LogP contribution in [0.25, 0.3) is 0 Å². The number of allylic oxidation sites excluding steroid dienone is 4. The summed E-state index contributed by atoms with van der Waals surface area (Å²) in [4.78, 5) is 0. The lowest BCUT2D eigenvalue weighted by molar-refractivity contribution is 0.886. The van der Waals surface area contributed by atoms with Crippen LogP contribution < -0.4 is 11.3 Å². The SMILES string of the molecule is C/C=C\C=C(\C)NN. The molecular formula is C6H12N2. The lowest BCUT2D eigenvalue weighted by Crippen LogP contribution is -2.18. The molecule has 0 atom stereocenters. The van der Waals surface area contributed by atoms with Gasteiger partial charge in [0.2, 0.25) is 0 Å². The lowest BCUT2D eigenvalue weighted by atomic mass is 10.4. The quantitative estimate of drug-likeness (QED) is 0.317. The molecule has 0 aliphatic heterocycles. The molecule has 0 aromatic carbocycles. The van der Waals surface area contributed by atoms with Crippen molar-refractivity contribution in [3.8, 4) is 0 Å². The Morgan fingerprint density at radius 3 is 2.62 bits per heavy atom. The zero-order valence-corrected chi connectivity index (χ0v) is 5.31. The lowest BCUT2D eigenvalue weighted by Gasteiger charge is -1.92. The van der Waals surface area contributed by atoms with Crippen molar-refractivity contribution in [3.05, 3.63) is 23.9 Å². The maximum atomic E-state index is 5.06. The van der Waals surface area contributed by atoms with E-state index in [1.807, 2.05) is 32.1 Å². The van der Waals surface area contributed by atoms with Crippen LogP contribution in [0.1, 0.15) is 13.8 Å². The molecule has 0 aliphatic rings. The van der Waals surface area contributed by atoms with Crippen molar-refractivity contribution < 1.29 is 0 Å². The molecule has 0 radical (unpaired) electrons. The first kappa shape index (κ1) is 7.24. The molecule has 0 aromatic heterocycles. The van der Waals surface area contributed by atoms with E-state index in [-0.39, 0.29) is 0 Å². The maximum absolute atomic E-state index is 5.06. The van der Waals surface area contributed by atoms with Gasteiger partial charge in [0.1, 0.15) is 0 Å². The van der Waals surface area contributed by atoms with Gasteiger partial charge in [-0.05, 0) is 19.9 Å². The van der Waals surface area contributed by atoms with E-state index in [4.69, 9.17) is 5.84 Å². The Hall–Kier alpha value is -0.760. The minimum Gasteiger partial charge on any atom is -0.329 e. The van der Waals surface area contributed by atoms with Crippen LogP contribution in [0.5, 0.6) is 0 Å². The highest BCUT2D eigenvalue weighted by Crippen LogP contribution is 1.82. The summed E-state index contributed by atoms with van der Waals surface area (Å²) >= 11 is 0. The molecule has 0 saturated carbocycles. The van der Waals surface area contributed by atoms with Gasteiger partial charge in [0.25, 0.3) is 0 Å². The average molecular weight is 112 g/mol. The highest BCUT2D eigenvalue weighted by molar-refractivity contribution is 5.07. The maximum Gasteiger partial charge on any atom is 0.0228 e. The van der Waals surface area contributed by atoms with E-state index < -0.39 is 0 Å². The Labute approximate surface area is 50.0 Å². The predicted molar refractivity (Wildman–Crippen MR) is 35.9 cm³/mol. The Balaban J connectivity index is 3.57. The van der Waals surface area contributed by atoms with Crippen molar-refractivity contribution in [1.82, 2.24) is 5.43 Å². The van der Waals surface area contributed by atoms with Crippen LogP contribution in [0, 0.1) is 0 Å². The highest BCUT2D eigenvalue weighted by Gasteiger charge is 1.73. The van der Waals surface area contributed by atoms with Crippen LogP contribution in [0.15, 0.2) is 23.9 Å². The molecule has 2 heteroatoms. The second-order valence-electron chi connectivity index (χ2n) is 1.52. The smallest absolute Gasteiger partial charge is 0.0228 e. The summed E-state index contributed by atoms with van der Waals surface area (Å²) < 4.78 is 0. The highest BCUT2D eigenvalue weighted by atomic mass is 15.2. The first-order valence-electron chi connectivity index (χ1n) is 2.57. The van der Waals surface area contributed by atoms with Crippen molar-refractivity contribution in [2.45, 2.75) is 13.8 Å². The van der Waals surface area contributed by atoms with Gasteiger partial charge in [0.05, 0.1) is 0 Å². The third-order valence-electron chi connectivity index (χ3n) is 0.766. The number of hydrogen-bond donors (Lipinski definition) is 2. The molecule has 3 N–H and O–H groups in total. The predicted octanol–water partition coefficient (Wildman–Crippen LogP) is 0.930. The van der Waals surface area contributed by atoms with Crippen LogP contribution in [-0.2, 0) is 0 Å². The molecule has 0 amide bonds. The summed E-state index contributed by atoms with van der Waals surface area (Å²) in [6.07, 6.45) is 5.77. The van der Waals surface area contributed by atoms with E-state index >= 15 is 0 Å². The van der Waals surface area contributed by atoms with Gasteiger partial charge in [-0.1, -0.05) is 12.2 Å². The molecule has 0 rings (SSSR count).